The Kier molecular flexibility index (Phi) is 5.72. The fraction of sp³-hybridized carbons (Fsp3) is 0.765. The zero-order valence-electron chi connectivity index (χ0n) is 13.2. The highest BCUT2D eigenvalue weighted by atomic mass is 79.9. The topological polar surface area (TPSA) is 12.0 Å². The summed E-state index contributed by atoms with van der Waals surface area (Å²) in [6.07, 6.45) is 5.27. The van der Waals surface area contributed by atoms with Gasteiger partial charge in [0, 0.05) is 15.9 Å². The Morgan fingerprint density at radius 2 is 2.10 bits per heavy atom. The normalized spacial score (nSPS) is 27.8. The van der Waals surface area contributed by atoms with Crippen LogP contribution in [0.3, 0.4) is 0 Å². The zero-order chi connectivity index (χ0) is 14.8. The van der Waals surface area contributed by atoms with Crippen LogP contribution in [0, 0.1) is 11.8 Å². The van der Waals surface area contributed by atoms with Crippen LogP contribution in [0.2, 0.25) is 0 Å². The Balaban J connectivity index is 2.20. The third-order valence-corrected chi connectivity index (χ3v) is 6.71. The third-order valence-electron chi connectivity index (χ3n) is 5.00. The minimum atomic E-state index is 0.240. The second kappa shape index (κ2) is 6.93. The highest BCUT2D eigenvalue weighted by molar-refractivity contribution is 9.10. The lowest BCUT2D eigenvalue weighted by atomic mass is 9.64. The molecule has 3 heteroatoms. The molecule has 0 saturated heterocycles. The Morgan fingerprint density at radius 1 is 1.35 bits per heavy atom. The molecule has 0 amide bonds. The molecule has 0 bridgehead atoms. The van der Waals surface area contributed by atoms with Gasteiger partial charge >= 0.3 is 0 Å². The van der Waals surface area contributed by atoms with Crippen molar-refractivity contribution in [1.82, 2.24) is 5.32 Å². The Labute approximate surface area is 136 Å². The van der Waals surface area contributed by atoms with Gasteiger partial charge in [-0.25, -0.2) is 0 Å². The predicted molar refractivity (Wildman–Crippen MR) is 93.6 cm³/mol. The molecular formula is C17H28BrNS. The number of nitrogens with one attached hydrogen (secondary N) is 1. The molecule has 114 valence electrons. The van der Waals surface area contributed by atoms with E-state index in [-0.39, 0.29) is 5.41 Å². The fourth-order valence-corrected chi connectivity index (χ4v) is 5.72. The van der Waals surface area contributed by atoms with Crippen LogP contribution >= 0.6 is 27.3 Å². The van der Waals surface area contributed by atoms with E-state index in [9.17, 15) is 0 Å². The average Bonchev–Trinajstić information content (AvgIpc) is 2.83. The maximum atomic E-state index is 3.83. The van der Waals surface area contributed by atoms with Crippen molar-refractivity contribution < 1.29 is 0 Å². The molecule has 1 N–H and O–H groups in total. The van der Waals surface area contributed by atoms with Crippen LogP contribution in [-0.4, -0.2) is 12.6 Å². The molecule has 0 aliphatic heterocycles. The molecule has 3 unspecified atom stereocenters. The Bertz CT molecular complexity index is 426. The van der Waals surface area contributed by atoms with E-state index >= 15 is 0 Å². The number of hydrogen-bond acceptors (Lipinski definition) is 2. The van der Waals surface area contributed by atoms with Gasteiger partial charge in [0.25, 0.3) is 0 Å². The zero-order valence-corrected chi connectivity index (χ0v) is 15.6. The summed E-state index contributed by atoms with van der Waals surface area (Å²) in [4.78, 5) is 0. The standard InChI is InChI=1S/C17H28BrNS/c1-5-8-19-16-9-12(2)6-7-13(16)17(3,4)14-10-20-11-15(14)18/h10-13,16,19H,5-9H2,1-4H3. The van der Waals surface area contributed by atoms with Gasteiger partial charge in [-0.05, 0) is 69.9 Å². The second-order valence-corrected chi connectivity index (χ2v) is 8.54. The van der Waals surface area contributed by atoms with Crippen LogP contribution in [0.1, 0.15) is 58.9 Å². The molecule has 1 aliphatic rings. The molecule has 1 aromatic heterocycles. The number of thiophene rings is 1. The van der Waals surface area contributed by atoms with Crippen LogP contribution in [0.4, 0.5) is 0 Å². The largest absolute Gasteiger partial charge is 0.314 e. The van der Waals surface area contributed by atoms with Gasteiger partial charge in [0.05, 0.1) is 0 Å². The first-order chi connectivity index (χ1) is 9.46. The third kappa shape index (κ3) is 3.48. The summed E-state index contributed by atoms with van der Waals surface area (Å²) in [5.74, 6) is 1.60. The lowest BCUT2D eigenvalue weighted by molar-refractivity contribution is 0.145. The molecule has 1 aliphatic carbocycles. The van der Waals surface area contributed by atoms with Crippen molar-refractivity contribution in [3.05, 3.63) is 20.8 Å². The molecule has 1 heterocycles. The molecular weight excluding hydrogens is 330 g/mol. The van der Waals surface area contributed by atoms with E-state index in [0.717, 1.165) is 18.4 Å². The first kappa shape index (κ1) is 16.5. The maximum Gasteiger partial charge on any atom is 0.0319 e. The van der Waals surface area contributed by atoms with E-state index in [4.69, 9.17) is 0 Å². The van der Waals surface area contributed by atoms with E-state index in [1.807, 2.05) is 11.3 Å². The SMILES string of the molecule is CCCNC1CC(C)CCC1C(C)(C)c1cscc1Br. The molecule has 1 fully saturated rings. The summed E-state index contributed by atoms with van der Waals surface area (Å²) >= 11 is 5.55. The molecule has 3 atom stereocenters. The van der Waals surface area contributed by atoms with Crippen molar-refractivity contribution in [2.75, 3.05) is 6.54 Å². The molecule has 1 nitrogen and oxygen atoms in total. The van der Waals surface area contributed by atoms with Crippen LogP contribution in [0.15, 0.2) is 15.2 Å². The van der Waals surface area contributed by atoms with Crippen LogP contribution in [0.25, 0.3) is 0 Å². The van der Waals surface area contributed by atoms with E-state index in [0.29, 0.717) is 6.04 Å². The molecule has 0 aromatic carbocycles. The van der Waals surface area contributed by atoms with Crippen molar-refractivity contribution >= 4 is 27.3 Å². The summed E-state index contributed by atoms with van der Waals surface area (Å²) < 4.78 is 1.29. The summed E-state index contributed by atoms with van der Waals surface area (Å²) in [6, 6.07) is 0.667. The van der Waals surface area contributed by atoms with E-state index < -0.39 is 0 Å². The van der Waals surface area contributed by atoms with E-state index in [1.165, 1.54) is 35.7 Å². The van der Waals surface area contributed by atoms with E-state index in [2.05, 4.69) is 59.7 Å². The van der Waals surface area contributed by atoms with Crippen LogP contribution in [-0.2, 0) is 5.41 Å². The molecule has 0 radical (unpaired) electrons. The van der Waals surface area contributed by atoms with Crippen molar-refractivity contribution in [2.24, 2.45) is 11.8 Å². The number of halogens is 1. The predicted octanol–water partition coefficient (Wildman–Crippen LogP) is 5.59. The molecule has 2 rings (SSSR count). The van der Waals surface area contributed by atoms with Crippen molar-refractivity contribution in [1.29, 1.82) is 0 Å². The highest BCUT2D eigenvalue weighted by Crippen LogP contribution is 2.45. The van der Waals surface area contributed by atoms with Gasteiger partial charge in [0.2, 0.25) is 0 Å². The fourth-order valence-electron chi connectivity index (χ4n) is 3.74. The van der Waals surface area contributed by atoms with Gasteiger partial charge in [0.1, 0.15) is 0 Å². The van der Waals surface area contributed by atoms with Crippen molar-refractivity contribution in [3.8, 4) is 0 Å². The molecule has 1 aromatic rings. The number of rotatable bonds is 5. The van der Waals surface area contributed by atoms with Crippen LogP contribution < -0.4 is 5.32 Å². The summed E-state index contributed by atoms with van der Waals surface area (Å²) in [5.41, 5.74) is 1.73. The molecule has 0 spiro atoms. The van der Waals surface area contributed by atoms with Gasteiger partial charge in [0.15, 0.2) is 0 Å². The van der Waals surface area contributed by atoms with Gasteiger partial charge in [-0.3, -0.25) is 0 Å². The van der Waals surface area contributed by atoms with Gasteiger partial charge in [-0.2, -0.15) is 11.3 Å². The average molecular weight is 358 g/mol. The first-order valence-corrected chi connectivity index (χ1v) is 9.66. The van der Waals surface area contributed by atoms with Crippen molar-refractivity contribution in [3.63, 3.8) is 0 Å². The summed E-state index contributed by atoms with van der Waals surface area (Å²) in [7, 11) is 0. The molecule has 20 heavy (non-hydrogen) atoms. The first-order valence-electron chi connectivity index (χ1n) is 7.92. The Morgan fingerprint density at radius 3 is 2.70 bits per heavy atom. The summed E-state index contributed by atoms with van der Waals surface area (Å²) in [6.45, 7) is 10.7. The minimum absolute atomic E-state index is 0.240. The van der Waals surface area contributed by atoms with E-state index in [1.54, 1.807) is 0 Å². The second-order valence-electron chi connectivity index (χ2n) is 6.94. The van der Waals surface area contributed by atoms with Gasteiger partial charge < -0.3 is 5.32 Å². The van der Waals surface area contributed by atoms with Gasteiger partial charge in [-0.15, -0.1) is 0 Å². The smallest absolute Gasteiger partial charge is 0.0319 e. The highest BCUT2D eigenvalue weighted by Gasteiger charge is 2.40. The molecule has 1 saturated carbocycles. The Hall–Kier alpha value is 0.140. The lowest BCUT2D eigenvalue weighted by Crippen LogP contribution is -2.48. The summed E-state index contributed by atoms with van der Waals surface area (Å²) in [5, 5.41) is 8.38. The minimum Gasteiger partial charge on any atom is -0.314 e. The van der Waals surface area contributed by atoms with Crippen molar-refractivity contribution in [2.45, 2.75) is 64.8 Å². The lowest BCUT2D eigenvalue weighted by Gasteiger charge is -2.45. The monoisotopic (exact) mass is 357 g/mol. The van der Waals surface area contributed by atoms with Gasteiger partial charge in [-0.1, -0.05) is 34.1 Å². The maximum absolute atomic E-state index is 3.83. The quantitative estimate of drug-likeness (QED) is 0.723. The number of hydrogen-bond donors (Lipinski definition) is 1. The van der Waals surface area contributed by atoms with Crippen LogP contribution in [0.5, 0.6) is 0 Å².